The summed E-state index contributed by atoms with van der Waals surface area (Å²) in [4.78, 5) is 4.43. The van der Waals surface area contributed by atoms with Crippen LogP contribution in [0.3, 0.4) is 0 Å². The van der Waals surface area contributed by atoms with Crippen molar-refractivity contribution >= 4 is 29.2 Å². The summed E-state index contributed by atoms with van der Waals surface area (Å²) < 4.78 is -0.378. The lowest BCUT2D eigenvalue weighted by atomic mass is 9.84. The van der Waals surface area contributed by atoms with Gasteiger partial charge in [-0.2, -0.15) is 0 Å². The fraction of sp³-hybridized carbons (Fsp3) is 0.0800. The molecule has 0 aliphatic rings. The quantitative estimate of drug-likeness (QED) is 0.358. The molecular weight excluding hydrogens is 394 g/mol. The summed E-state index contributed by atoms with van der Waals surface area (Å²) in [7, 11) is 0. The summed E-state index contributed by atoms with van der Waals surface area (Å²) >= 11 is 3.30. The Balaban J connectivity index is 1.83. The lowest BCUT2D eigenvalue weighted by Gasteiger charge is -2.34. The highest BCUT2D eigenvalue weighted by Gasteiger charge is 2.36. The Morgan fingerprint density at radius 1 is 0.793 bits per heavy atom. The molecule has 0 fully saturated rings. The van der Waals surface area contributed by atoms with Crippen LogP contribution >= 0.6 is 23.1 Å². The third kappa shape index (κ3) is 4.20. The number of benzene rings is 3. The largest absolute Gasteiger partial charge is 0.390 e. The Kier molecular flexibility index (Phi) is 6.25. The van der Waals surface area contributed by atoms with E-state index in [2.05, 4.69) is 101 Å². The van der Waals surface area contributed by atoms with Crippen LogP contribution < -0.4 is 0 Å². The number of hydrogen-bond acceptors (Lipinski definition) is 4. The molecule has 2 nitrogen and oxygen atoms in total. The summed E-state index contributed by atoms with van der Waals surface area (Å²) in [6.45, 7) is -0.0283. The predicted octanol–water partition coefficient (Wildman–Crippen LogP) is 6.33. The number of thiazole rings is 1. The van der Waals surface area contributed by atoms with Crippen LogP contribution in [0.4, 0.5) is 0 Å². The molecule has 4 heteroatoms. The van der Waals surface area contributed by atoms with E-state index in [1.54, 1.807) is 23.1 Å². The Hall–Kier alpha value is -2.66. The third-order valence-corrected chi connectivity index (χ3v) is 6.92. The van der Waals surface area contributed by atoms with Crippen molar-refractivity contribution in [2.75, 3.05) is 0 Å². The number of nitrogens with zero attached hydrogens (tertiary/aromatic N) is 1. The standard InChI is InChI=1S/C25H21NOS2/c27-18-23-19-28-24(26-23)16-17-29-25(20-10-4-1-5-11-20,21-12-6-2-7-13-21)22-14-8-3-9-15-22/h1-17,19,27H,18H2/b17-16-. The van der Waals surface area contributed by atoms with Gasteiger partial charge < -0.3 is 5.11 Å². The summed E-state index contributed by atoms with van der Waals surface area (Å²) in [6, 6.07) is 31.8. The van der Waals surface area contributed by atoms with Crippen molar-refractivity contribution in [2.45, 2.75) is 11.4 Å². The molecule has 29 heavy (non-hydrogen) atoms. The highest BCUT2D eigenvalue weighted by Crippen LogP contribution is 2.49. The van der Waals surface area contributed by atoms with Gasteiger partial charge in [-0.25, -0.2) is 4.98 Å². The van der Waals surface area contributed by atoms with Gasteiger partial charge in [-0.3, -0.25) is 0 Å². The first-order chi connectivity index (χ1) is 14.3. The molecule has 1 aromatic heterocycles. The Labute approximate surface area is 179 Å². The first-order valence-electron chi connectivity index (χ1n) is 9.39. The smallest absolute Gasteiger partial charge is 0.116 e. The number of hydrogen-bond donors (Lipinski definition) is 1. The molecule has 0 aliphatic carbocycles. The van der Waals surface area contributed by atoms with Crippen LogP contribution in [0.5, 0.6) is 0 Å². The lowest BCUT2D eigenvalue weighted by molar-refractivity contribution is 0.277. The second-order valence-corrected chi connectivity index (χ2v) is 8.54. The van der Waals surface area contributed by atoms with E-state index in [1.807, 2.05) is 11.5 Å². The highest BCUT2D eigenvalue weighted by molar-refractivity contribution is 8.03. The van der Waals surface area contributed by atoms with E-state index in [0.717, 1.165) is 5.01 Å². The van der Waals surface area contributed by atoms with Gasteiger partial charge in [-0.1, -0.05) is 91.0 Å². The zero-order valence-corrected chi connectivity index (χ0v) is 17.4. The van der Waals surface area contributed by atoms with Crippen LogP contribution in [-0.4, -0.2) is 10.1 Å². The van der Waals surface area contributed by atoms with Gasteiger partial charge in [0.15, 0.2) is 0 Å². The van der Waals surface area contributed by atoms with Gasteiger partial charge >= 0.3 is 0 Å². The molecule has 0 bridgehead atoms. The van der Waals surface area contributed by atoms with Gasteiger partial charge in [0, 0.05) is 5.38 Å². The Morgan fingerprint density at radius 2 is 1.28 bits per heavy atom. The van der Waals surface area contributed by atoms with E-state index < -0.39 is 0 Å². The first kappa shape index (κ1) is 19.6. The maximum atomic E-state index is 9.27. The molecule has 0 radical (unpaired) electrons. The second-order valence-electron chi connectivity index (χ2n) is 6.54. The number of rotatable bonds is 7. The number of aliphatic hydroxyl groups is 1. The molecule has 0 spiro atoms. The zero-order chi connectivity index (χ0) is 19.9. The summed E-state index contributed by atoms with van der Waals surface area (Å²) in [5.41, 5.74) is 4.38. The van der Waals surface area contributed by atoms with Gasteiger partial charge in [-0.15, -0.1) is 23.1 Å². The van der Waals surface area contributed by atoms with Crippen LogP contribution in [0.1, 0.15) is 27.4 Å². The van der Waals surface area contributed by atoms with Crippen molar-refractivity contribution in [2.24, 2.45) is 0 Å². The Morgan fingerprint density at radius 3 is 1.69 bits per heavy atom. The minimum atomic E-state index is -0.378. The van der Waals surface area contributed by atoms with E-state index in [9.17, 15) is 5.11 Å². The van der Waals surface area contributed by atoms with E-state index in [-0.39, 0.29) is 11.4 Å². The Bertz CT molecular complexity index is 963. The third-order valence-electron chi connectivity index (χ3n) is 4.73. The predicted molar refractivity (Wildman–Crippen MR) is 124 cm³/mol. The van der Waals surface area contributed by atoms with Crippen LogP contribution in [0, 0.1) is 0 Å². The van der Waals surface area contributed by atoms with E-state index in [1.165, 1.54) is 16.7 Å². The molecule has 4 aromatic rings. The maximum absolute atomic E-state index is 9.27. The van der Waals surface area contributed by atoms with E-state index in [0.29, 0.717) is 5.69 Å². The molecule has 144 valence electrons. The van der Waals surface area contributed by atoms with Gasteiger partial charge in [0.1, 0.15) is 5.01 Å². The number of thioether (sulfide) groups is 1. The molecule has 4 rings (SSSR count). The molecule has 0 aliphatic heterocycles. The molecule has 1 N–H and O–H groups in total. The van der Waals surface area contributed by atoms with E-state index in [4.69, 9.17) is 0 Å². The van der Waals surface area contributed by atoms with Crippen LogP contribution in [0.2, 0.25) is 0 Å². The van der Waals surface area contributed by atoms with Crippen molar-refractivity contribution in [3.05, 3.63) is 129 Å². The summed E-state index contributed by atoms with van der Waals surface area (Å²) in [6.07, 6.45) is 2.03. The first-order valence-corrected chi connectivity index (χ1v) is 11.1. The topological polar surface area (TPSA) is 33.1 Å². The molecule has 0 atom stereocenters. The summed E-state index contributed by atoms with van der Waals surface area (Å²) in [5.74, 6) is 0. The SMILES string of the molecule is OCc1csc(/C=C\SC(c2ccccc2)(c2ccccc2)c2ccccc2)n1. The average molecular weight is 416 g/mol. The number of aliphatic hydroxyl groups excluding tert-OH is 1. The van der Waals surface area contributed by atoms with Crippen molar-refractivity contribution in [1.82, 2.24) is 4.98 Å². The molecule has 0 amide bonds. The summed E-state index contributed by atoms with van der Waals surface area (Å²) in [5, 5.41) is 14.2. The molecule has 3 aromatic carbocycles. The average Bonchev–Trinajstić information content (AvgIpc) is 3.27. The van der Waals surface area contributed by atoms with Crippen molar-refractivity contribution < 1.29 is 5.11 Å². The molecule has 0 saturated heterocycles. The second kappa shape index (κ2) is 9.23. The maximum Gasteiger partial charge on any atom is 0.116 e. The number of aromatic nitrogens is 1. The zero-order valence-electron chi connectivity index (χ0n) is 15.8. The molecule has 0 saturated carbocycles. The molecular formula is C25H21NOS2. The minimum Gasteiger partial charge on any atom is -0.390 e. The van der Waals surface area contributed by atoms with Crippen LogP contribution in [0.25, 0.3) is 6.08 Å². The lowest BCUT2D eigenvalue weighted by Crippen LogP contribution is -2.24. The normalized spacial score (nSPS) is 11.8. The van der Waals surface area contributed by atoms with Crippen molar-refractivity contribution in [1.29, 1.82) is 0 Å². The fourth-order valence-corrected chi connectivity index (χ4v) is 5.39. The minimum absolute atomic E-state index is 0.0283. The highest BCUT2D eigenvalue weighted by atomic mass is 32.2. The van der Waals surface area contributed by atoms with Crippen molar-refractivity contribution in [3.63, 3.8) is 0 Å². The van der Waals surface area contributed by atoms with Crippen molar-refractivity contribution in [3.8, 4) is 0 Å². The molecule has 0 unspecified atom stereocenters. The van der Waals surface area contributed by atoms with Crippen LogP contribution in [0.15, 0.2) is 102 Å². The van der Waals surface area contributed by atoms with Gasteiger partial charge in [0.2, 0.25) is 0 Å². The van der Waals surface area contributed by atoms with Crippen LogP contribution in [-0.2, 0) is 11.4 Å². The van der Waals surface area contributed by atoms with Gasteiger partial charge in [-0.05, 0) is 28.2 Å². The van der Waals surface area contributed by atoms with Gasteiger partial charge in [0.25, 0.3) is 0 Å². The van der Waals surface area contributed by atoms with E-state index >= 15 is 0 Å². The monoisotopic (exact) mass is 415 g/mol. The molecule has 1 heterocycles. The van der Waals surface area contributed by atoms with Gasteiger partial charge in [0.05, 0.1) is 17.0 Å². The fourth-order valence-electron chi connectivity index (χ4n) is 3.39.